The lowest BCUT2D eigenvalue weighted by atomic mass is 10.1. The fourth-order valence-corrected chi connectivity index (χ4v) is 1.92. The minimum absolute atomic E-state index is 1.08. The van der Waals surface area contributed by atoms with Gasteiger partial charge in [0, 0.05) is 0 Å². The van der Waals surface area contributed by atoms with Crippen LogP contribution in [0.5, 0.6) is 0 Å². The molecular weight excluding hydrogens is 208 g/mol. The molecule has 0 bridgehead atoms. The van der Waals surface area contributed by atoms with E-state index in [9.17, 15) is 0 Å². The fraction of sp³-hybridized carbons (Fsp3) is 0.267. The van der Waals surface area contributed by atoms with E-state index in [0.29, 0.717) is 0 Å². The van der Waals surface area contributed by atoms with Crippen LogP contribution in [0.4, 0.5) is 0 Å². The topological polar surface area (TPSA) is 8.81 Å². The standard InChI is InChI=1S/C15H19N2/c1-2-16-12-13-17(14-16)11-7-6-10-15-8-4-3-5-9-15/h2-5,8-9,12-14H,1,6-7,10-11H2/q+1. The first-order valence-electron chi connectivity index (χ1n) is 6.11. The maximum atomic E-state index is 3.73. The summed E-state index contributed by atoms with van der Waals surface area (Å²) in [6, 6.07) is 10.7. The van der Waals surface area contributed by atoms with Crippen LogP contribution in [0, 0.1) is 0 Å². The smallest absolute Gasteiger partial charge is 0.236 e. The first kappa shape index (κ1) is 11.6. The van der Waals surface area contributed by atoms with Crippen molar-refractivity contribution in [3.8, 4) is 0 Å². The molecule has 0 radical (unpaired) electrons. The molecular formula is C15H19N2+. The number of hydrogen-bond acceptors (Lipinski definition) is 0. The highest BCUT2D eigenvalue weighted by molar-refractivity contribution is 5.14. The molecule has 1 aromatic carbocycles. The van der Waals surface area contributed by atoms with E-state index >= 15 is 0 Å². The summed E-state index contributed by atoms with van der Waals surface area (Å²) >= 11 is 0. The summed E-state index contributed by atoms with van der Waals surface area (Å²) in [6.07, 6.45) is 11.6. The van der Waals surface area contributed by atoms with Gasteiger partial charge in [0.25, 0.3) is 0 Å². The molecule has 1 aromatic heterocycles. The first-order chi connectivity index (χ1) is 8.38. The van der Waals surface area contributed by atoms with Crippen LogP contribution in [-0.4, -0.2) is 4.57 Å². The third-order valence-electron chi connectivity index (χ3n) is 2.90. The van der Waals surface area contributed by atoms with Crippen molar-refractivity contribution >= 4 is 6.20 Å². The average molecular weight is 227 g/mol. The molecule has 17 heavy (non-hydrogen) atoms. The van der Waals surface area contributed by atoms with Gasteiger partial charge in [0.05, 0.1) is 12.7 Å². The van der Waals surface area contributed by atoms with Crippen molar-refractivity contribution in [3.63, 3.8) is 0 Å². The lowest BCUT2D eigenvalue weighted by Gasteiger charge is -1.99. The molecule has 0 aliphatic carbocycles. The van der Waals surface area contributed by atoms with Gasteiger partial charge < -0.3 is 0 Å². The molecule has 0 spiro atoms. The number of benzene rings is 1. The number of rotatable bonds is 6. The van der Waals surface area contributed by atoms with Gasteiger partial charge in [-0.15, -0.1) is 0 Å². The van der Waals surface area contributed by atoms with Crippen molar-refractivity contribution in [2.75, 3.05) is 0 Å². The Bertz CT molecular complexity index is 457. The van der Waals surface area contributed by atoms with E-state index in [2.05, 4.69) is 54.0 Å². The third-order valence-corrected chi connectivity index (χ3v) is 2.90. The third kappa shape index (κ3) is 3.59. The minimum Gasteiger partial charge on any atom is -0.236 e. The summed E-state index contributed by atoms with van der Waals surface area (Å²) in [5.41, 5.74) is 1.43. The van der Waals surface area contributed by atoms with Gasteiger partial charge in [0.15, 0.2) is 0 Å². The van der Waals surface area contributed by atoms with Crippen LogP contribution < -0.4 is 4.57 Å². The van der Waals surface area contributed by atoms with Crippen molar-refractivity contribution in [1.82, 2.24) is 4.57 Å². The van der Waals surface area contributed by atoms with Crippen LogP contribution in [-0.2, 0) is 13.0 Å². The highest BCUT2D eigenvalue weighted by Crippen LogP contribution is 2.04. The molecule has 88 valence electrons. The molecule has 2 heteroatoms. The van der Waals surface area contributed by atoms with E-state index in [4.69, 9.17) is 0 Å². The Labute approximate surface area is 103 Å². The lowest BCUT2D eigenvalue weighted by molar-refractivity contribution is -0.696. The molecule has 0 aliphatic rings. The van der Waals surface area contributed by atoms with Gasteiger partial charge in [-0.3, -0.25) is 0 Å². The predicted molar refractivity (Wildman–Crippen MR) is 70.4 cm³/mol. The maximum absolute atomic E-state index is 3.73. The van der Waals surface area contributed by atoms with E-state index in [0.717, 1.165) is 6.54 Å². The number of hydrogen-bond donors (Lipinski definition) is 0. The van der Waals surface area contributed by atoms with E-state index in [-0.39, 0.29) is 0 Å². The van der Waals surface area contributed by atoms with E-state index in [1.165, 1.54) is 24.8 Å². The molecule has 0 saturated carbocycles. The highest BCUT2D eigenvalue weighted by Gasteiger charge is 2.00. The summed E-state index contributed by atoms with van der Waals surface area (Å²) in [5, 5.41) is 0. The summed E-state index contributed by atoms with van der Waals surface area (Å²) in [5.74, 6) is 0. The Hall–Kier alpha value is -1.83. The summed E-state index contributed by atoms with van der Waals surface area (Å²) < 4.78 is 4.17. The molecule has 0 N–H and O–H groups in total. The Morgan fingerprint density at radius 1 is 1.18 bits per heavy atom. The largest absolute Gasteiger partial charge is 0.248 e. The van der Waals surface area contributed by atoms with Crippen LogP contribution >= 0.6 is 0 Å². The van der Waals surface area contributed by atoms with Crippen molar-refractivity contribution in [2.45, 2.75) is 25.8 Å². The Kier molecular flexibility index (Phi) is 4.14. The SMILES string of the molecule is C=Cn1cc[n+](CCCCc2ccccc2)c1. The predicted octanol–water partition coefficient (Wildman–Crippen LogP) is 2.90. The Balaban J connectivity index is 1.71. The molecule has 0 amide bonds. The van der Waals surface area contributed by atoms with Gasteiger partial charge in [0.2, 0.25) is 6.33 Å². The van der Waals surface area contributed by atoms with Crippen molar-refractivity contribution < 1.29 is 4.57 Å². The molecule has 0 aliphatic heterocycles. The number of aromatic nitrogens is 2. The quantitative estimate of drug-likeness (QED) is 0.530. The van der Waals surface area contributed by atoms with Crippen LogP contribution in [0.2, 0.25) is 0 Å². The van der Waals surface area contributed by atoms with Crippen molar-refractivity contribution in [1.29, 1.82) is 0 Å². The van der Waals surface area contributed by atoms with E-state index in [1.54, 1.807) is 6.20 Å². The second-order valence-electron chi connectivity index (χ2n) is 4.22. The zero-order chi connectivity index (χ0) is 11.9. The number of unbranched alkanes of at least 4 members (excludes halogenated alkanes) is 1. The average Bonchev–Trinajstić information content (AvgIpc) is 2.84. The zero-order valence-electron chi connectivity index (χ0n) is 10.1. The summed E-state index contributed by atoms with van der Waals surface area (Å²) in [4.78, 5) is 0. The van der Waals surface area contributed by atoms with Crippen molar-refractivity contribution in [3.05, 3.63) is 61.2 Å². The van der Waals surface area contributed by atoms with Gasteiger partial charge >= 0.3 is 0 Å². The Morgan fingerprint density at radius 2 is 2.00 bits per heavy atom. The second kappa shape index (κ2) is 6.04. The lowest BCUT2D eigenvalue weighted by Crippen LogP contribution is -2.30. The summed E-state index contributed by atoms with van der Waals surface area (Å²) in [7, 11) is 0. The first-order valence-corrected chi connectivity index (χ1v) is 6.11. The normalized spacial score (nSPS) is 10.4. The van der Waals surface area contributed by atoms with Gasteiger partial charge in [-0.2, -0.15) is 0 Å². The monoisotopic (exact) mass is 227 g/mol. The van der Waals surface area contributed by atoms with Gasteiger partial charge in [-0.05, 0) is 24.8 Å². The molecule has 0 saturated heterocycles. The second-order valence-corrected chi connectivity index (χ2v) is 4.22. The van der Waals surface area contributed by atoms with Crippen LogP contribution in [0.3, 0.4) is 0 Å². The van der Waals surface area contributed by atoms with Gasteiger partial charge in [-0.25, -0.2) is 9.13 Å². The molecule has 2 rings (SSSR count). The maximum Gasteiger partial charge on any atom is 0.248 e. The Morgan fingerprint density at radius 3 is 2.71 bits per heavy atom. The van der Waals surface area contributed by atoms with Crippen molar-refractivity contribution in [2.24, 2.45) is 0 Å². The molecule has 0 fully saturated rings. The van der Waals surface area contributed by atoms with Crippen LogP contribution in [0.25, 0.3) is 6.20 Å². The van der Waals surface area contributed by atoms with Gasteiger partial charge in [0.1, 0.15) is 12.4 Å². The number of aryl methyl sites for hydroxylation is 2. The van der Waals surface area contributed by atoms with E-state index in [1.807, 2.05) is 10.8 Å². The molecule has 2 aromatic rings. The van der Waals surface area contributed by atoms with E-state index < -0.39 is 0 Å². The molecule has 2 nitrogen and oxygen atoms in total. The number of nitrogens with zero attached hydrogens (tertiary/aromatic N) is 2. The van der Waals surface area contributed by atoms with Crippen LogP contribution in [0.15, 0.2) is 55.6 Å². The van der Waals surface area contributed by atoms with Crippen LogP contribution in [0.1, 0.15) is 18.4 Å². The molecule has 0 atom stereocenters. The molecule has 0 unspecified atom stereocenters. The zero-order valence-corrected chi connectivity index (χ0v) is 10.1. The fourth-order valence-electron chi connectivity index (χ4n) is 1.92. The highest BCUT2D eigenvalue weighted by atomic mass is 15.1. The van der Waals surface area contributed by atoms with Gasteiger partial charge in [-0.1, -0.05) is 36.9 Å². The summed E-state index contributed by atoms with van der Waals surface area (Å²) in [6.45, 7) is 4.81. The molecule has 1 heterocycles. The number of imidazole rings is 1. The minimum atomic E-state index is 1.08.